The Hall–Kier alpha value is -0.120. The van der Waals surface area contributed by atoms with Crippen molar-refractivity contribution in [3.63, 3.8) is 0 Å². The minimum Gasteiger partial charge on any atom is -0.312 e. The fraction of sp³-hybridized carbons (Fsp3) is 0.538. The SMILES string of the molecule is CCC(CCCl)CNCc1cccc(F)c1Br. The molecule has 0 radical (unpaired) electrons. The summed E-state index contributed by atoms with van der Waals surface area (Å²) in [7, 11) is 0. The van der Waals surface area contributed by atoms with Crippen LogP contribution in [0.1, 0.15) is 25.3 Å². The number of benzene rings is 1. The van der Waals surface area contributed by atoms with Gasteiger partial charge in [-0.05, 0) is 46.4 Å². The highest BCUT2D eigenvalue weighted by Crippen LogP contribution is 2.20. The third kappa shape index (κ3) is 4.94. The number of halogens is 3. The lowest BCUT2D eigenvalue weighted by atomic mass is 10.0. The Bertz CT molecular complexity index is 346. The Morgan fingerprint density at radius 2 is 2.24 bits per heavy atom. The van der Waals surface area contributed by atoms with Crippen LogP contribution < -0.4 is 5.32 Å². The Morgan fingerprint density at radius 1 is 1.47 bits per heavy atom. The second kappa shape index (κ2) is 8.06. The van der Waals surface area contributed by atoms with Crippen molar-refractivity contribution in [2.75, 3.05) is 12.4 Å². The largest absolute Gasteiger partial charge is 0.312 e. The molecule has 1 atom stereocenters. The molecule has 0 aliphatic heterocycles. The minimum atomic E-state index is -0.211. The Morgan fingerprint density at radius 3 is 2.88 bits per heavy atom. The fourth-order valence-electron chi connectivity index (χ4n) is 1.70. The van der Waals surface area contributed by atoms with Gasteiger partial charge in [-0.25, -0.2) is 4.39 Å². The van der Waals surface area contributed by atoms with Crippen LogP contribution in [0.15, 0.2) is 22.7 Å². The lowest BCUT2D eigenvalue weighted by molar-refractivity contribution is 0.451. The van der Waals surface area contributed by atoms with Gasteiger partial charge in [0.05, 0.1) is 4.47 Å². The summed E-state index contributed by atoms with van der Waals surface area (Å²) in [5.41, 5.74) is 0.950. The molecule has 1 aromatic rings. The topological polar surface area (TPSA) is 12.0 Å². The molecule has 0 heterocycles. The molecule has 1 nitrogen and oxygen atoms in total. The van der Waals surface area contributed by atoms with Crippen LogP contribution in [0.5, 0.6) is 0 Å². The van der Waals surface area contributed by atoms with E-state index in [1.165, 1.54) is 6.07 Å². The van der Waals surface area contributed by atoms with E-state index in [1.54, 1.807) is 6.07 Å². The molecule has 1 aromatic carbocycles. The van der Waals surface area contributed by atoms with Crippen LogP contribution in [-0.4, -0.2) is 12.4 Å². The molecule has 0 saturated carbocycles. The van der Waals surface area contributed by atoms with E-state index in [2.05, 4.69) is 28.2 Å². The van der Waals surface area contributed by atoms with E-state index in [1.807, 2.05) is 6.07 Å². The third-order valence-electron chi connectivity index (χ3n) is 2.87. The van der Waals surface area contributed by atoms with E-state index in [-0.39, 0.29) is 5.82 Å². The van der Waals surface area contributed by atoms with Gasteiger partial charge in [-0.15, -0.1) is 11.6 Å². The van der Waals surface area contributed by atoms with Gasteiger partial charge < -0.3 is 5.32 Å². The molecule has 0 fully saturated rings. The first-order chi connectivity index (χ1) is 8.19. The molecule has 1 unspecified atom stereocenters. The number of alkyl halides is 1. The van der Waals surface area contributed by atoms with Gasteiger partial charge in [-0.1, -0.05) is 25.5 Å². The van der Waals surface area contributed by atoms with Gasteiger partial charge in [0, 0.05) is 12.4 Å². The summed E-state index contributed by atoms with van der Waals surface area (Å²) >= 11 is 8.99. The van der Waals surface area contributed by atoms with Crippen LogP contribution in [0.3, 0.4) is 0 Å². The molecule has 4 heteroatoms. The highest BCUT2D eigenvalue weighted by Gasteiger charge is 2.07. The molecule has 1 N–H and O–H groups in total. The van der Waals surface area contributed by atoms with Crippen molar-refractivity contribution in [1.29, 1.82) is 0 Å². The molecule has 0 amide bonds. The number of hydrogen-bond acceptors (Lipinski definition) is 1. The van der Waals surface area contributed by atoms with Crippen molar-refractivity contribution in [2.24, 2.45) is 5.92 Å². The van der Waals surface area contributed by atoms with Gasteiger partial charge in [0.25, 0.3) is 0 Å². The minimum absolute atomic E-state index is 0.211. The zero-order valence-electron chi connectivity index (χ0n) is 9.98. The number of hydrogen-bond donors (Lipinski definition) is 1. The molecule has 96 valence electrons. The highest BCUT2D eigenvalue weighted by atomic mass is 79.9. The molecule has 0 saturated heterocycles. The monoisotopic (exact) mass is 321 g/mol. The molecule has 0 aliphatic carbocycles. The molecule has 17 heavy (non-hydrogen) atoms. The van der Waals surface area contributed by atoms with Crippen LogP contribution in [0.2, 0.25) is 0 Å². The number of nitrogens with one attached hydrogen (secondary N) is 1. The summed E-state index contributed by atoms with van der Waals surface area (Å²) < 4.78 is 13.8. The van der Waals surface area contributed by atoms with Crippen LogP contribution in [-0.2, 0) is 6.54 Å². The first kappa shape index (κ1) is 14.9. The first-order valence-electron chi connectivity index (χ1n) is 5.88. The standard InChI is InChI=1S/C13H18BrClFN/c1-2-10(6-7-15)8-17-9-11-4-3-5-12(16)13(11)14/h3-5,10,17H,2,6-9H2,1H3. The average molecular weight is 323 g/mol. The molecular weight excluding hydrogens is 305 g/mol. The summed E-state index contributed by atoms with van der Waals surface area (Å²) in [6, 6.07) is 5.10. The zero-order valence-corrected chi connectivity index (χ0v) is 12.3. The maximum Gasteiger partial charge on any atom is 0.137 e. The van der Waals surface area contributed by atoms with E-state index < -0.39 is 0 Å². The first-order valence-corrected chi connectivity index (χ1v) is 7.21. The van der Waals surface area contributed by atoms with Crippen LogP contribution in [0, 0.1) is 11.7 Å². The van der Waals surface area contributed by atoms with Crippen LogP contribution in [0.4, 0.5) is 4.39 Å². The van der Waals surface area contributed by atoms with Gasteiger partial charge in [0.2, 0.25) is 0 Å². The third-order valence-corrected chi connectivity index (χ3v) is 3.98. The summed E-state index contributed by atoms with van der Waals surface area (Å²) in [5.74, 6) is 1.08. The normalized spacial score (nSPS) is 12.7. The number of rotatable bonds is 7. The van der Waals surface area contributed by atoms with Crippen molar-refractivity contribution in [2.45, 2.75) is 26.3 Å². The molecule has 0 aliphatic rings. The molecule has 1 rings (SSSR count). The quantitative estimate of drug-likeness (QED) is 0.737. The van der Waals surface area contributed by atoms with Crippen LogP contribution >= 0.6 is 27.5 Å². The fourth-order valence-corrected chi connectivity index (χ4v) is 2.41. The van der Waals surface area contributed by atoms with Gasteiger partial charge in [-0.3, -0.25) is 0 Å². The van der Waals surface area contributed by atoms with Crippen LogP contribution in [0.25, 0.3) is 0 Å². The van der Waals surface area contributed by atoms with Gasteiger partial charge in [-0.2, -0.15) is 0 Å². The summed E-state index contributed by atoms with van der Waals surface area (Å²) in [4.78, 5) is 0. The predicted octanol–water partition coefficient (Wildman–Crippen LogP) is 4.33. The van der Waals surface area contributed by atoms with E-state index in [0.29, 0.717) is 22.8 Å². The Balaban J connectivity index is 2.42. The zero-order chi connectivity index (χ0) is 12.7. The van der Waals surface area contributed by atoms with E-state index in [0.717, 1.165) is 24.9 Å². The van der Waals surface area contributed by atoms with Gasteiger partial charge in [0.1, 0.15) is 5.82 Å². The Kier molecular flexibility index (Phi) is 7.09. The van der Waals surface area contributed by atoms with Crippen molar-refractivity contribution in [1.82, 2.24) is 5.32 Å². The second-order valence-corrected chi connectivity index (χ2v) is 5.27. The summed E-state index contributed by atoms with van der Waals surface area (Å²) in [6.07, 6.45) is 2.14. The maximum absolute atomic E-state index is 13.3. The molecular formula is C13H18BrClFN. The maximum atomic E-state index is 13.3. The summed E-state index contributed by atoms with van der Waals surface area (Å²) in [5, 5.41) is 3.35. The molecule has 0 aromatic heterocycles. The van der Waals surface area contributed by atoms with Crippen molar-refractivity contribution >= 4 is 27.5 Å². The summed E-state index contributed by atoms with van der Waals surface area (Å²) in [6.45, 7) is 3.76. The van der Waals surface area contributed by atoms with Gasteiger partial charge >= 0.3 is 0 Å². The second-order valence-electron chi connectivity index (χ2n) is 4.10. The average Bonchev–Trinajstić information content (AvgIpc) is 2.33. The predicted molar refractivity (Wildman–Crippen MR) is 74.9 cm³/mol. The Labute approximate surface area is 116 Å². The lowest BCUT2D eigenvalue weighted by Gasteiger charge is -2.14. The molecule has 0 spiro atoms. The van der Waals surface area contributed by atoms with E-state index >= 15 is 0 Å². The van der Waals surface area contributed by atoms with Crippen molar-refractivity contribution in [3.05, 3.63) is 34.1 Å². The van der Waals surface area contributed by atoms with E-state index in [9.17, 15) is 4.39 Å². The smallest absolute Gasteiger partial charge is 0.137 e. The van der Waals surface area contributed by atoms with Gasteiger partial charge in [0.15, 0.2) is 0 Å². The lowest BCUT2D eigenvalue weighted by Crippen LogP contribution is -2.22. The molecule has 0 bridgehead atoms. The van der Waals surface area contributed by atoms with E-state index in [4.69, 9.17) is 11.6 Å². The van der Waals surface area contributed by atoms with Crippen molar-refractivity contribution < 1.29 is 4.39 Å². The highest BCUT2D eigenvalue weighted by molar-refractivity contribution is 9.10. The van der Waals surface area contributed by atoms with Crippen molar-refractivity contribution in [3.8, 4) is 0 Å².